The Labute approximate surface area is 310 Å². The Morgan fingerprint density at radius 2 is 1.40 bits per heavy atom. The first-order valence-corrected chi connectivity index (χ1v) is 20.1. The molecule has 8 rings (SSSR count). The van der Waals surface area contributed by atoms with E-state index in [-0.39, 0.29) is 20.1 Å². The molecule has 5 aromatic carbocycles. The molecule has 1 unspecified atom stereocenters. The third-order valence-electron chi connectivity index (χ3n) is 8.83. The van der Waals surface area contributed by atoms with Crippen LogP contribution in [-0.4, -0.2) is 18.0 Å². The molecule has 1 atom stereocenters. The number of furan rings is 1. The molecule has 3 aromatic heterocycles. The summed E-state index contributed by atoms with van der Waals surface area (Å²) in [6.07, 6.45) is 3.79. The van der Waals surface area contributed by atoms with E-state index in [0.29, 0.717) is 0 Å². The van der Waals surface area contributed by atoms with Gasteiger partial charge >= 0.3 is 0 Å². The van der Waals surface area contributed by atoms with Crippen molar-refractivity contribution in [1.29, 1.82) is 0 Å². The second-order valence-electron chi connectivity index (χ2n) is 13.2. The molecule has 0 saturated heterocycles. The zero-order chi connectivity index (χ0) is 34.7. The zero-order valence-corrected chi connectivity index (χ0v) is 32.0. The first-order chi connectivity index (χ1) is 24.2. The molecule has 0 saturated carbocycles. The van der Waals surface area contributed by atoms with Gasteiger partial charge in [0.05, 0.1) is 13.7 Å². The number of rotatable bonds is 6. The second kappa shape index (κ2) is 15.3. The van der Waals surface area contributed by atoms with Crippen molar-refractivity contribution >= 4 is 35.2 Å². The molecule has 0 amide bonds. The summed E-state index contributed by atoms with van der Waals surface area (Å²) >= 11 is 0. The second-order valence-corrected chi connectivity index (χ2v) is 18.2. The van der Waals surface area contributed by atoms with Crippen molar-refractivity contribution in [3.05, 3.63) is 175 Å². The molecule has 50 heavy (non-hydrogen) atoms. The molecule has 0 aliphatic rings. The summed E-state index contributed by atoms with van der Waals surface area (Å²) in [6, 6.07) is 53.2. The number of nitrogens with zero attached hydrogens (tertiary/aromatic N) is 2. The van der Waals surface area contributed by atoms with Crippen LogP contribution in [0.5, 0.6) is 0 Å². The van der Waals surface area contributed by atoms with Crippen LogP contribution in [0.4, 0.5) is 0 Å². The van der Waals surface area contributed by atoms with Crippen molar-refractivity contribution in [2.75, 3.05) is 0 Å². The van der Waals surface area contributed by atoms with Gasteiger partial charge in [0.2, 0.25) is 0 Å². The van der Waals surface area contributed by atoms with Crippen LogP contribution < -0.4 is 5.19 Å². The van der Waals surface area contributed by atoms with Crippen LogP contribution in [-0.2, 0) is 20.1 Å². The van der Waals surface area contributed by atoms with Crippen LogP contribution in [0.3, 0.4) is 0 Å². The summed E-state index contributed by atoms with van der Waals surface area (Å²) in [6.45, 7) is 8.92. The van der Waals surface area contributed by atoms with E-state index in [1.54, 1.807) is 6.20 Å². The molecule has 3 nitrogen and oxygen atoms in total. The fraction of sp³-hybridized carbons (Fsp3) is 0.111. The van der Waals surface area contributed by atoms with Crippen molar-refractivity contribution in [3.63, 3.8) is 0 Å². The van der Waals surface area contributed by atoms with E-state index in [1.807, 2.05) is 110 Å². The summed E-state index contributed by atoms with van der Waals surface area (Å²) < 4.78 is 15.4. The van der Waals surface area contributed by atoms with Gasteiger partial charge in [0.15, 0.2) is 0 Å². The number of fused-ring (bicyclic) bond motifs is 3. The van der Waals surface area contributed by atoms with Crippen molar-refractivity contribution < 1.29 is 25.9 Å². The predicted octanol–water partition coefficient (Wildman–Crippen LogP) is 11.4. The Kier molecular flexibility index (Phi) is 10.3. The maximum Gasteiger partial charge on any atom is 0.120 e. The molecule has 0 bridgehead atoms. The molecular weight excluding hydrogens is 805 g/mol. The number of pyridine rings is 2. The van der Waals surface area contributed by atoms with Gasteiger partial charge in [-0.15, -0.1) is 54.1 Å². The van der Waals surface area contributed by atoms with Crippen LogP contribution in [0.25, 0.3) is 55.6 Å². The van der Waals surface area contributed by atoms with Gasteiger partial charge in [-0.25, -0.2) is 0 Å². The van der Waals surface area contributed by atoms with Gasteiger partial charge in [0.1, 0.15) is 5.58 Å². The average Bonchev–Trinajstić information content (AvgIpc) is 3.55. The molecular formula is C45H38IrN2OSi-2. The van der Waals surface area contributed by atoms with Gasteiger partial charge in [0.25, 0.3) is 0 Å². The summed E-state index contributed by atoms with van der Waals surface area (Å²) in [4.78, 5) is 9.14. The van der Waals surface area contributed by atoms with Crippen molar-refractivity contribution in [2.24, 2.45) is 0 Å². The van der Waals surface area contributed by atoms with Crippen molar-refractivity contribution in [2.45, 2.75) is 32.5 Å². The van der Waals surface area contributed by atoms with Crippen LogP contribution in [0.15, 0.2) is 156 Å². The minimum atomic E-state index is -1.23. The average molecular weight is 844 g/mol. The molecule has 8 aromatic rings. The normalized spacial score (nSPS) is 12.7. The standard InChI is InChI=1S/C31H22NO.C14H16NSi.Ir/c1-21(22-14-16-24(17-15-22)23-8-3-2-4-9-23)25-18-19-32-29(20-25)28-12-7-11-27-26-10-5-6-13-30(26)33-31(27)28;1-16(2,3)13-9-10-14(15-11-13)12-7-5-4-6-8-12;/h2-11,13-21H,1H3;4-7,9-11H,1-3H3;/q2*-1;/i21D;;. The summed E-state index contributed by atoms with van der Waals surface area (Å²) in [5.41, 5.74) is 9.34. The fourth-order valence-electron chi connectivity index (χ4n) is 5.94. The molecule has 249 valence electrons. The van der Waals surface area contributed by atoms with Gasteiger partial charge in [0, 0.05) is 45.1 Å². The Bertz CT molecular complexity index is 2370. The van der Waals surface area contributed by atoms with E-state index in [9.17, 15) is 1.37 Å². The van der Waals surface area contributed by atoms with Crippen molar-refractivity contribution in [3.8, 4) is 33.6 Å². The maximum atomic E-state index is 9.23. The number of aromatic nitrogens is 2. The third kappa shape index (κ3) is 7.61. The van der Waals surface area contributed by atoms with Crippen LogP contribution >= 0.6 is 0 Å². The largest absolute Gasteiger partial charge is 0.501 e. The van der Waals surface area contributed by atoms with Crippen LogP contribution in [0.1, 0.15) is 25.3 Å². The monoisotopic (exact) mass is 844 g/mol. The van der Waals surface area contributed by atoms with Crippen molar-refractivity contribution in [1.82, 2.24) is 9.97 Å². The topological polar surface area (TPSA) is 38.9 Å². The minimum Gasteiger partial charge on any atom is -0.501 e. The first-order valence-electron chi connectivity index (χ1n) is 17.1. The van der Waals surface area contributed by atoms with E-state index >= 15 is 0 Å². The number of benzene rings is 5. The first kappa shape index (κ1) is 33.6. The molecule has 0 spiro atoms. The number of hydrogen-bond acceptors (Lipinski definition) is 3. The van der Waals surface area contributed by atoms with E-state index in [1.165, 1.54) is 10.8 Å². The van der Waals surface area contributed by atoms with E-state index < -0.39 is 14.0 Å². The van der Waals surface area contributed by atoms with Gasteiger partial charge in [-0.1, -0.05) is 129 Å². The Hall–Kier alpha value is -4.93. The Morgan fingerprint density at radius 1 is 0.660 bits per heavy atom. The molecule has 0 N–H and O–H groups in total. The van der Waals surface area contributed by atoms with E-state index in [2.05, 4.69) is 84.2 Å². The Morgan fingerprint density at radius 3 is 2.12 bits per heavy atom. The van der Waals surface area contributed by atoms with Crippen LogP contribution in [0, 0.1) is 12.1 Å². The zero-order valence-electron chi connectivity index (χ0n) is 29.6. The molecule has 1 radical (unpaired) electrons. The third-order valence-corrected chi connectivity index (χ3v) is 10.9. The van der Waals surface area contributed by atoms with Crippen LogP contribution in [0.2, 0.25) is 19.6 Å². The maximum absolute atomic E-state index is 9.23. The summed E-state index contributed by atoms with van der Waals surface area (Å²) in [5.74, 6) is -0.936. The summed E-state index contributed by atoms with van der Waals surface area (Å²) in [5, 5.41) is 3.52. The number of hydrogen-bond donors (Lipinski definition) is 0. The van der Waals surface area contributed by atoms with Gasteiger partial charge in [-0.05, 0) is 51.0 Å². The fourth-order valence-corrected chi connectivity index (χ4v) is 6.98. The SMILES string of the molecule is C[Si](C)(C)c1ccc(-c2[c-]cccc2)nc1.[2H]C(C)(c1ccc(-c2ccccc2)cc1)c1ccnc(-c2[c-]ccc3c2oc2ccccc23)c1.[Ir]. The van der Waals surface area contributed by atoms with Gasteiger partial charge in [-0.2, -0.15) is 0 Å². The molecule has 0 fully saturated rings. The minimum absolute atomic E-state index is 0. The molecule has 3 heterocycles. The van der Waals surface area contributed by atoms with E-state index in [4.69, 9.17) is 4.42 Å². The smallest absolute Gasteiger partial charge is 0.120 e. The molecule has 0 aliphatic heterocycles. The quantitative estimate of drug-likeness (QED) is 0.124. The number of para-hydroxylation sites is 1. The predicted molar refractivity (Wildman–Crippen MR) is 207 cm³/mol. The van der Waals surface area contributed by atoms with Gasteiger partial charge < -0.3 is 14.4 Å². The molecule has 0 aliphatic carbocycles. The molecule has 5 heteroatoms. The Balaban J connectivity index is 0.000000222. The van der Waals surface area contributed by atoms with E-state index in [0.717, 1.165) is 61.1 Å². The summed E-state index contributed by atoms with van der Waals surface area (Å²) in [7, 11) is -1.23. The van der Waals surface area contributed by atoms with Gasteiger partial charge in [-0.3, -0.25) is 0 Å².